The summed E-state index contributed by atoms with van der Waals surface area (Å²) in [5.74, 6) is 3.07. The molecule has 340 valence electrons. The largest absolute Gasteiger partial charge is 0.496 e. The summed E-state index contributed by atoms with van der Waals surface area (Å²) in [6.45, 7) is 12.4. The average Bonchev–Trinajstić information content (AvgIpc) is 3.33. The molecule has 0 unspecified atom stereocenters. The number of aromatic nitrogens is 6. The lowest BCUT2D eigenvalue weighted by Crippen LogP contribution is -2.43. The molecule has 0 saturated carbocycles. The summed E-state index contributed by atoms with van der Waals surface area (Å²) in [5, 5.41) is 7.25. The lowest BCUT2D eigenvalue weighted by molar-refractivity contribution is 0.191. The van der Waals surface area contributed by atoms with Crippen LogP contribution >= 0.6 is 0 Å². The summed E-state index contributed by atoms with van der Waals surface area (Å²) >= 11 is 0. The molecule has 0 aliphatic carbocycles. The van der Waals surface area contributed by atoms with E-state index in [-0.39, 0.29) is 11.1 Å². The first-order valence-electron chi connectivity index (χ1n) is 22.1. The topological polar surface area (TPSA) is 163 Å². The first-order valence-corrected chi connectivity index (χ1v) is 22.1. The molecule has 6 aromatic rings. The molecule has 16 nitrogen and oxygen atoms in total. The lowest BCUT2D eigenvalue weighted by Gasteiger charge is -2.32. The highest BCUT2D eigenvalue weighted by atomic mass is 16.5. The molecule has 0 radical (unpaired) electrons. The number of nitrogens with zero attached hydrogens (tertiary/aromatic N) is 8. The van der Waals surface area contributed by atoms with Gasteiger partial charge in [0.1, 0.15) is 23.0 Å². The Hall–Kier alpha value is -5.94. The van der Waals surface area contributed by atoms with Crippen LogP contribution in [0.3, 0.4) is 0 Å². The van der Waals surface area contributed by atoms with Crippen LogP contribution in [0.15, 0.2) is 82.9 Å². The Morgan fingerprint density at radius 1 is 0.531 bits per heavy atom. The minimum absolute atomic E-state index is 0.00914. The van der Waals surface area contributed by atoms with Crippen LogP contribution in [0.1, 0.15) is 48.2 Å². The second-order valence-corrected chi connectivity index (χ2v) is 16.5. The Morgan fingerprint density at radius 2 is 0.938 bits per heavy atom. The normalized spacial score (nSPS) is 15.2. The Morgan fingerprint density at radius 3 is 1.31 bits per heavy atom. The van der Waals surface area contributed by atoms with Crippen molar-refractivity contribution >= 4 is 22.1 Å². The first kappa shape index (κ1) is 46.1. The molecule has 6 aromatic heterocycles. The van der Waals surface area contributed by atoms with E-state index in [1.165, 1.54) is 0 Å². The van der Waals surface area contributed by atoms with Crippen molar-refractivity contribution in [3.8, 4) is 23.0 Å². The zero-order valence-electron chi connectivity index (χ0n) is 38.0. The molecule has 8 heterocycles. The number of nitrogens with one attached hydrogen (secondary N) is 2. The van der Waals surface area contributed by atoms with E-state index < -0.39 is 0 Å². The smallest absolute Gasteiger partial charge is 0.251 e. The predicted molar refractivity (Wildman–Crippen MR) is 249 cm³/mol. The molecule has 0 spiro atoms. The van der Waals surface area contributed by atoms with E-state index in [0.29, 0.717) is 36.7 Å². The average molecular weight is 875 g/mol. The van der Waals surface area contributed by atoms with E-state index in [2.05, 4.69) is 40.4 Å². The van der Waals surface area contributed by atoms with Gasteiger partial charge in [0, 0.05) is 111 Å². The third kappa shape index (κ3) is 11.8. The predicted octanol–water partition coefficient (Wildman–Crippen LogP) is 4.74. The molecule has 16 heteroatoms. The number of fused-ring (bicyclic) bond motifs is 2. The van der Waals surface area contributed by atoms with Crippen molar-refractivity contribution in [2.24, 2.45) is 0 Å². The number of likely N-dealkylation sites (tertiary alicyclic amines) is 2. The van der Waals surface area contributed by atoms with Gasteiger partial charge in [0.05, 0.1) is 74.3 Å². The minimum atomic E-state index is -0.00914. The van der Waals surface area contributed by atoms with Gasteiger partial charge in [-0.25, -0.2) is 0 Å². The first-order chi connectivity index (χ1) is 31.1. The number of hydrogen-bond donors (Lipinski definition) is 2. The number of rotatable bonds is 16. The van der Waals surface area contributed by atoms with E-state index in [4.69, 9.17) is 18.9 Å². The van der Waals surface area contributed by atoms with Crippen LogP contribution in [0.4, 0.5) is 0 Å². The summed E-state index contributed by atoms with van der Waals surface area (Å²) in [6.07, 6.45) is 11.4. The molecule has 2 N–H and O–H groups in total. The zero-order valence-corrected chi connectivity index (χ0v) is 38.0. The number of methoxy groups -OCH3 is 4. The van der Waals surface area contributed by atoms with Gasteiger partial charge in [-0.05, 0) is 77.8 Å². The molecule has 2 aliphatic rings. The Kier molecular flexibility index (Phi) is 15.9. The van der Waals surface area contributed by atoms with Crippen molar-refractivity contribution in [1.82, 2.24) is 49.5 Å². The van der Waals surface area contributed by atoms with Crippen LogP contribution in [0.2, 0.25) is 0 Å². The van der Waals surface area contributed by atoms with Crippen LogP contribution in [0.25, 0.3) is 22.1 Å². The van der Waals surface area contributed by atoms with Gasteiger partial charge in [-0.15, -0.1) is 0 Å². The third-order valence-electron chi connectivity index (χ3n) is 12.4. The van der Waals surface area contributed by atoms with Crippen molar-refractivity contribution in [3.05, 3.63) is 117 Å². The van der Waals surface area contributed by atoms with Crippen molar-refractivity contribution in [2.75, 3.05) is 67.7 Å². The fraction of sp³-hybridized carbons (Fsp3) is 0.458. The summed E-state index contributed by atoms with van der Waals surface area (Å²) in [6, 6.07) is 15.4. The maximum Gasteiger partial charge on any atom is 0.251 e. The van der Waals surface area contributed by atoms with Crippen molar-refractivity contribution in [2.45, 2.75) is 77.8 Å². The van der Waals surface area contributed by atoms with Crippen LogP contribution < -0.4 is 40.7 Å². The van der Waals surface area contributed by atoms with Crippen LogP contribution in [0, 0.1) is 13.8 Å². The highest BCUT2D eigenvalue weighted by molar-refractivity contribution is 5.76. The number of pyridine rings is 6. The molecule has 0 aromatic carbocycles. The van der Waals surface area contributed by atoms with E-state index in [9.17, 15) is 9.59 Å². The van der Waals surface area contributed by atoms with Gasteiger partial charge in [0.15, 0.2) is 0 Å². The molecule has 2 fully saturated rings. The van der Waals surface area contributed by atoms with Gasteiger partial charge in [-0.1, -0.05) is 0 Å². The highest BCUT2D eigenvalue weighted by Crippen LogP contribution is 2.21. The monoisotopic (exact) mass is 874 g/mol. The molecule has 0 atom stereocenters. The maximum absolute atomic E-state index is 12.5. The third-order valence-corrected chi connectivity index (χ3v) is 12.4. The van der Waals surface area contributed by atoms with Crippen LogP contribution in [0.5, 0.6) is 23.0 Å². The van der Waals surface area contributed by atoms with Gasteiger partial charge in [-0.2, -0.15) is 0 Å². The minimum Gasteiger partial charge on any atom is -0.496 e. The summed E-state index contributed by atoms with van der Waals surface area (Å²) in [4.78, 5) is 47.6. The number of ether oxygens (including phenoxy) is 4. The van der Waals surface area contributed by atoms with Gasteiger partial charge in [-0.3, -0.25) is 29.5 Å². The standard InChI is InChI=1S/2C24H31N5O3/c2*1-17-14-25-19(12-23(17)32-3)15-26-18-6-8-28(9-7-18)10-11-29-22-13-20(31-2)16-27-21(22)4-5-24(29)30/h2*4-5,12-14,16,18,26H,6-11,15H2,1-3H3. The number of hydrogen-bond acceptors (Lipinski definition) is 14. The molecular weight excluding hydrogens is 813 g/mol. The fourth-order valence-electron chi connectivity index (χ4n) is 8.41. The van der Waals surface area contributed by atoms with E-state index in [1.54, 1.807) is 74.2 Å². The van der Waals surface area contributed by atoms with Crippen LogP contribution in [-0.4, -0.2) is 119 Å². The van der Waals surface area contributed by atoms with Crippen molar-refractivity contribution in [3.63, 3.8) is 0 Å². The molecule has 2 aliphatic heterocycles. The Labute approximate surface area is 374 Å². The molecule has 8 rings (SSSR count). The second-order valence-electron chi connectivity index (χ2n) is 16.5. The molecule has 0 bridgehead atoms. The lowest BCUT2D eigenvalue weighted by atomic mass is 10.0. The van der Waals surface area contributed by atoms with Crippen LogP contribution in [-0.2, 0) is 26.2 Å². The SMILES string of the molecule is COc1cnc2ccc(=O)n(CCN3CCC(NCc4cc(OC)c(C)cn4)CC3)c2c1.COc1cnc2ccc(=O)n(CCN3CCC(NCc4cc(OC)c(C)cn4)CC3)c2c1. The van der Waals surface area contributed by atoms with Crippen molar-refractivity contribution in [1.29, 1.82) is 0 Å². The zero-order chi connectivity index (χ0) is 45.0. The highest BCUT2D eigenvalue weighted by Gasteiger charge is 2.21. The quantitative estimate of drug-likeness (QED) is 0.137. The fourth-order valence-corrected chi connectivity index (χ4v) is 8.41. The second kappa shape index (κ2) is 22.1. The Balaban J connectivity index is 0.000000191. The number of aryl methyl sites for hydroxylation is 2. The van der Waals surface area contributed by atoms with E-state index >= 15 is 0 Å². The summed E-state index contributed by atoms with van der Waals surface area (Å²) in [7, 11) is 6.60. The van der Waals surface area contributed by atoms with Gasteiger partial charge in [0.25, 0.3) is 11.1 Å². The van der Waals surface area contributed by atoms with Gasteiger partial charge >= 0.3 is 0 Å². The van der Waals surface area contributed by atoms with Gasteiger partial charge in [0.2, 0.25) is 0 Å². The summed E-state index contributed by atoms with van der Waals surface area (Å²) < 4.78 is 25.0. The molecule has 2 saturated heterocycles. The van der Waals surface area contributed by atoms with E-state index in [1.807, 2.05) is 50.5 Å². The van der Waals surface area contributed by atoms with Crippen molar-refractivity contribution < 1.29 is 18.9 Å². The van der Waals surface area contributed by atoms with Gasteiger partial charge < -0.3 is 48.5 Å². The Bertz CT molecular complexity index is 2420. The molecule has 64 heavy (non-hydrogen) atoms. The van der Waals surface area contributed by atoms with E-state index in [0.717, 1.165) is 134 Å². The molecular formula is C48H62N10O6. The summed E-state index contributed by atoms with van der Waals surface area (Å²) in [5.41, 5.74) is 7.29. The number of piperidine rings is 2. The molecule has 0 amide bonds. The maximum atomic E-state index is 12.5.